The highest BCUT2D eigenvalue weighted by Crippen LogP contribution is 2.48. The van der Waals surface area contributed by atoms with Crippen molar-refractivity contribution in [3.8, 4) is 0 Å². The Kier molecular flexibility index (Phi) is 7.09. The van der Waals surface area contributed by atoms with E-state index in [4.69, 9.17) is 0 Å². The monoisotopic (exact) mass is 405 g/mol. The van der Waals surface area contributed by atoms with Crippen LogP contribution >= 0.6 is 11.8 Å². The van der Waals surface area contributed by atoms with E-state index in [1.807, 2.05) is 54.6 Å². The van der Waals surface area contributed by atoms with Crippen molar-refractivity contribution in [3.63, 3.8) is 0 Å². The Morgan fingerprint density at radius 2 is 1.28 bits per heavy atom. The SMILES string of the molecule is O=CNC(CCSC(c1ccccc1)(c1ccccc1)c1ccccc1)C(=O)O. The predicted octanol–water partition coefficient (Wildman–Crippen LogP) is 4.30. The third-order valence-electron chi connectivity index (χ3n) is 4.83. The van der Waals surface area contributed by atoms with Crippen molar-refractivity contribution in [1.29, 1.82) is 0 Å². The van der Waals surface area contributed by atoms with Crippen LogP contribution in [0.25, 0.3) is 0 Å². The van der Waals surface area contributed by atoms with Gasteiger partial charge in [-0.25, -0.2) is 4.79 Å². The average molecular weight is 406 g/mol. The molecule has 5 heteroatoms. The Labute approximate surface area is 175 Å². The standard InChI is InChI=1S/C24H23NO3S/c26-18-25-22(23(27)28)16-17-29-24(19-10-4-1-5-11-19,20-12-6-2-7-13-20)21-14-8-3-9-15-21/h1-15,18,22H,16-17H2,(H,25,26)(H,27,28). The van der Waals surface area contributed by atoms with Crippen LogP contribution in [-0.4, -0.2) is 29.3 Å². The third-order valence-corrected chi connectivity index (χ3v) is 6.41. The lowest BCUT2D eigenvalue weighted by Crippen LogP contribution is -2.36. The van der Waals surface area contributed by atoms with Crippen molar-refractivity contribution >= 4 is 24.1 Å². The fraction of sp³-hybridized carbons (Fsp3) is 0.167. The number of carboxylic acids is 1. The maximum absolute atomic E-state index is 11.4. The summed E-state index contributed by atoms with van der Waals surface area (Å²) < 4.78 is -0.492. The number of rotatable bonds is 10. The Morgan fingerprint density at radius 1 is 0.862 bits per heavy atom. The molecule has 3 rings (SSSR count). The summed E-state index contributed by atoms with van der Waals surface area (Å²) in [6.07, 6.45) is 0.773. The molecule has 0 saturated carbocycles. The van der Waals surface area contributed by atoms with Crippen LogP contribution in [0.2, 0.25) is 0 Å². The van der Waals surface area contributed by atoms with Gasteiger partial charge in [0.2, 0.25) is 6.41 Å². The van der Waals surface area contributed by atoms with Gasteiger partial charge in [-0.05, 0) is 28.9 Å². The fourth-order valence-corrected chi connectivity index (χ4v) is 5.03. The lowest BCUT2D eigenvalue weighted by Gasteiger charge is -2.35. The van der Waals surface area contributed by atoms with Crippen LogP contribution in [0.5, 0.6) is 0 Å². The molecule has 0 aliphatic heterocycles. The summed E-state index contributed by atoms with van der Waals surface area (Å²) in [5.41, 5.74) is 3.37. The number of nitrogens with one attached hydrogen (secondary N) is 1. The van der Waals surface area contributed by atoms with Crippen LogP contribution in [0.15, 0.2) is 91.0 Å². The van der Waals surface area contributed by atoms with E-state index in [2.05, 4.69) is 41.7 Å². The van der Waals surface area contributed by atoms with Crippen LogP contribution in [0.4, 0.5) is 0 Å². The molecule has 0 aliphatic carbocycles. The summed E-state index contributed by atoms with van der Waals surface area (Å²) in [5.74, 6) is -0.473. The van der Waals surface area contributed by atoms with Gasteiger partial charge in [-0.3, -0.25) is 4.79 Å². The first-order valence-electron chi connectivity index (χ1n) is 9.41. The molecule has 4 nitrogen and oxygen atoms in total. The van der Waals surface area contributed by atoms with Gasteiger partial charge >= 0.3 is 5.97 Å². The topological polar surface area (TPSA) is 66.4 Å². The lowest BCUT2D eigenvalue weighted by molar-refractivity contribution is -0.140. The van der Waals surface area contributed by atoms with E-state index in [0.717, 1.165) is 16.7 Å². The molecule has 0 saturated heterocycles. The zero-order valence-electron chi connectivity index (χ0n) is 15.9. The zero-order chi connectivity index (χ0) is 20.5. The first-order valence-corrected chi connectivity index (χ1v) is 10.4. The second-order valence-corrected chi connectivity index (χ2v) is 7.90. The molecule has 0 fully saturated rings. The van der Waals surface area contributed by atoms with Crippen LogP contribution in [-0.2, 0) is 14.3 Å². The first-order chi connectivity index (χ1) is 14.2. The molecule has 2 N–H and O–H groups in total. The lowest BCUT2D eigenvalue weighted by atomic mass is 9.84. The largest absolute Gasteiger partial charge is 0.480 e. The number of aliphatic carboxylic acids is 1. The van der Waals surface area contributed by atoms with Gasteiger partial charge in [-0.1, -0.05) is 91.0 Å². The van der Waals surface area contributed by atoms with Gasteiger partial charge in [0.15, 0.2) is 0 Å². The van der Waals surface area contributed by atoms with Crippen molar-refractivity contribution in [1.82, 2.24) is 5.32 Å². The molecular formula is C24H23NO3S. The maximum Gasteiger partial charge on any atom is 0.326 e. The minimum Gasteiger partial charge on any atom is -0.480 e. The van der Waals surface area contributed by atoms with Gasteiger partial charge in [0.25, 0.3) is 0 Å². The van der Waals surface area contributed by atoms with Gasteiger partial charge in [0.05, 0.1) is 4.75 Å². The van der Waals surface area contributed by atoms with E-state index in [0.29, 0.717) is 18.6 Å². The van der Waals surface area contributed by atoms with Crippen molar-refractivity contribution in [2.75, 3.05) is 5.75 Å². The number of carbonyl (C=O) groups excluding carboxylic acids is 1. The van der Waals surface area contributed by atoms with Crippen molar-refractivity contribution < 1.29 is 14.7 Å². The smallest absolute Gasteiger partial charge is 0.326 e. The Bertz CT molecular complexity index is 820. The van der Waals surface area contributed by atoms with Gasteiger partial charge < -0.3 is 10.4 Å². The van der Waals surface area contributed by atoms with Crippen molar-refractivity contribution in [2.24, 2.45) is 0 Å². The van der Waals surface area contributed by atoms with Crippen LogP contribution in [0.3, 0.4) is 0 Å². The summed E-state index contributed by atoms with van der Waals surface area (Å²) in [6, 6.07) is 29.8. The molecule has 1 atom stereocenters. The van der Waals surface area contributed by atoms with Crippen LogP contribution < -0.4 is 5.32 Å². The maximum atomic E-state index is 11.4. The minimum absolute atomic E-state index is 0.326. The number of thioether (sulfide) groups is 1. The summed E-state index contributed by atoms with van der Waals surface area (Å²) >= 11 is 1.68. The number of carboxylic acid groups (broad SMARTS) is 1. The Morgan fingerprint density at radius 3 is 1.62 bits per heavy atom. The van der Waals surface area contributed by atoms with E-state index < -0.39 is 16.8 Å². The molecule has 0 radical (unpaired) electrons. The molecule has 0 heterocycles. The summed E-state index contributed by atoms with van der Waals surface area (Å²) in [4.78, 5) is 22.2. The molecule has 3 aromatic carbocycles. The van der Waals surface area contributed by atoms with Crippen molar-refractivity contribution in [2.45, 2.75) is 17.2 Å². The Hall–Kier alpha value is -3.05. The third kappa shape index (κ3) is 4.69. The van der Waals surface area contributed by atoms with Gasteiger partial charge in [0, 0.05) is 0 Å². The number of benzene rings is 3. The Balaban J connectivity index is 2.05. The molecule has 3 aromatic rings. The molecule has 1 unspecified atom stereocenters. The van der Waals surface area contributed by atoms with Crippen molar-refractivity contribution in [3.05, 3.63) is 108 Å². The molecule has 1 amide bonds. The molecule has 29 heavy (non-hydrogen) atoms. The molecule has 148 valence electrons. The second-order valence-electron chi connectivity index (χ2n) is 6.59. The second kappa shape index (κ2) is 9.94. The van der Waals surface area contributed by atoms with Gasteiger partial charge in [-0.15, -0.1) is 11.8 Å². The normalized spacial score (nSPS) is 12.1. The average Bonchev–Trinajstić information content (AvgIpc) is 2.78. The number of hydrogen-bond donors (Lipinski definition) is 2. The van der Waals surface area contributed by atoms with Crippen LogP contribution in [0.1, 0.15) is 23.1 Å². The predicted molar refractivity (Wildman–Crippen MR) is 117 cm³/mol. The van der Waals surface area contributed by atoms with E-state index >= 15 is 0 Å². The van der Waals surface area contributed by atoms with E-state index in [1.165, 1.54) is 0 Å². The molecule has 0 spiro atoms. The summed E-state index contributed by atoms with van der Waals surface area (Å²) in [7, 11) is 0. The summed E-state index contributed by atoms with van der Waals surface area (Å²) in [6.45, 7) is 0. The van der Waals surface area contributed by atoms with Crippen LogP contribution in [0, 0.1) is 0 Å². The molecule has 0 aliphatic rings. The highest BCUT2D eigenvalue weighted by molar-refractivity contribution is 8.00. The highest BCUT2D eigenvalue weighted by Gasteiger charge is 2.37. The number of hydrogen-bond acceptors (Lipinski definition) is 3. The zero-order valence-corrected chi connectivity index (χ0v) is 16.7. The quantitative estimate of drug-likeness (QED) is 0.390. The minimum atomic E-state index is -1.03. The van der Waals surface area contributed by atoms with E-state index in [9.17, 15) is 14.7 Å². The number of carbonyl (C=O) groups is 2. The van der Waals surface area contributed by atoms with E-state index in [1.54, 1.807) is 11.8 Å². The first kappa shape index (κ1) is 20.7. The van der Waals surface area contributed by atoms with Gasteiger partial charge in [0.1, 0.15) is 6.04 Å². The number of amides is 1. The fourth-order valence-electron chi connectivity index (χ4n) is 3.46. The summed E-state index contributed by atoms with van der Waals surface area (Å²) in [5, 5.41) is 11.7. The van der Waals surface area contributed by atoms with Gasteiger partial charge in [-0.2, -0.15) is 0 Å². The molecule has 0 aromatic heterocycles. The highest BCUT2D eigenvalue weighted by atomic mass is 32.2. The molecular weight excluding hydrogens is 382 g/mol. The van der Waals surface area contributed by atoms with E-state index in [-0.39, 0.29) is 0 Å². The molecule has 0 bridgehead atoms.